The van der Waals surface area contributed by atoms with Gasteiger partial charge in [-0.05, 0) is 25.5 Å². The molecule has 4 nitrogen and oxygen atoms in total. The number of benzene rings is 1. The van der Waals surface area contributed by atoms with Crippen LogP contribution in [0, 0.1) is 6.92 Å². The van der Waals surface area contributed by atoms with E-state index in [1.54, 1.807) is 6.07 Å². The van der Waals surface area contributed by atoms with Gasteiger partial charge in [-0.15, -0.1) is 0 Å². The second kappa shape index (κ2) is 4.41. The fourth-order valence-electron chi connectivity index (χ4n) is 1.68. The molecule has 0 fully saturated rings. The Bertz CT molecular complexity index is 629. The third kappa shape index (κ3) is 2.06. The molecule has 88 valence electrons. The van der Waals surface area contributed by atoms with E-state index in [4.69, 9.17) is 4.74 Å². The second-order valence-corrected chi connectivity index (χ2v) is 3.74. The Balaban J connectivity index is 2.66. The Morgan fingerprint density at radius 3 is 3.00 bits per heavy atom. The lowest BCUT2D eigenvalue weighted by Crippen LogP contribution is -2.12. The van der Waals surface area contributed by atoms with Gasteiger partial charge in [-0.2, -0.15) is 0 Å². The maximum absolute atomic E-state index is 11.9. The third-order valence-corrected chi connectivity index (χ3v) is 2.52. The number of aromatic amines is 1. The number of para-hydroxylation sites is 1. The molecule has 4 heteroatoms. The van der Waals surface area contributed by atoms with Crippen molar-refractivity contribution < 1.29 is 4.74 Å². The van der Waals surface area contributed by atoms with Crippen molar-refractivity contribution in [2.75, 3.05) is 6.61 Å². The molecule has 0 atom stereocenters. The highest BCUT2D eigenvalue weighted by Gasteiger charge is 2.08. The van der Waals surface area contributed by atoms with Crippen LogP contribution in [0.2, 0.25) is 0 Å². The summed E-state index contributed by atoms with van der Waals surface area (Å²) in [6.45, 7) is 8.01. The van der Waals surface area contributed by atoms with Crippen molar-refractivity contribution in [2.24, 2.45) is 0 Å². The van der Waals surface area contributed by atoms with E-state index in [-0.39, 0.29) is 5.56 Å². The Labute approximate surface area is 99.0 Å². The molecule has 0 aliphatic carbocycles. The minimum atomic E-state index is -0.172. The van der Waals surface area contributed by atoms with Gasteiger partial charge in [-0.3, -0.25) is 4.79 Å². The Hall–Kier alpha value is -2.10. The van der Waals surface area contributed by atoms with Gasteiger partial charge in [0.25, 0.3) is 5.56 Å². The van der Waals surface area contributed by atoms with Crippen molar-refractivity contribution in [2.45, 2.75) is 13.8 Å². The summed E-state index contributed by atoms with van der Waals surface area (Å²) in [4.78, 5) is 18.9. The van der Waals surface area contributed by atoms with Crippen LogP contribution in [0.1, 0.15) is 18.3 Å². The van der Waals surface area contributed by atoms with Crippen LogP contribution in [0.25, 0.3) is 16.7 Å². The zero-order valence-electron chi connectivity index (χ0n) is 9.91. The average Bonchev–Trinajstić information content (AvgIpc) is 2.30. The number of hydrogen-bond donors (Lipinski definition) is 1. The second-order valence-electron chi connectivity index (χ2n) is 3.74. The molecular formula is C13H14N2O2. The third-order valence-electron chi connectivity index (χ3n) is 2.52. The lowest BCUT2D eigenvalue weighted by Gasteiger charge is -2.07. The first kappa shape index (κ1) is 11.4. The summed E-state index contributed by atoms with van der Waals surface area (Å²) in [6.07, 6.45) is 0. The number of hydrogen-bond acceptors (Lipinski definition) is 3. The fourth-order valence-corrected chi connectivity index (χ4v) is 1.68. The summed E-state index contributed by atoms with van der Waals surface area (Å²) in [5, 5.41) is 0.582. The van der Waals surface area contributed by atoms with Crippen LogP contribution in [0.15, 0.2) is 29.6 Å². The Morgan fingerprint density at radius 1 is 1.53 bits per heavy atom. The molecule has 0 aliphatic heterocycles. The monoisotopic (exact) mass is 230 g/mol. The highest BCUT2D eigenvalue weighted by Crippen LogP contribution is 2.15. The van der Waals surface area contributed by atoms with Gasteiger partial charge in [0.1, 0.15) is 0 Å². The van der Waals surface area contributed by atoms with E-state index in [2.05, 4.69) is 16.5 Å². The van der Waals surface area contributed by atoms with E-state index in [0.29, 0.717) is 29.1 Å². The van der Waals surface area contributed by atoms with Crippen molar-refractivity contribution in [3.63, 3.8) is 0 Å². The van der Waals surface area contributed by atoms with Crippen LogP contribution in [0.4, 0.5) is 0 Å². The van der Waals surface area contributed by atoms with Crippen LogP contribution < -0.4 is 5.56 Å². The molecule has 0 saturated carbocycles. The average molecular weight is 230 g/mol. The number of nitrogens with one attached hydrogen (secondary N) is 1. The molecule has 1 heterocycles. The van der Waals surface area contributed by atoms with E-state index < -0.39 is 0 Å². The molecule has 0 bridgehead atoms. The quantitative estimate of drug-likeness (QED) is 0.823. The van der Waals surface area contributed by atoms with Crippen molar-refractivity contribution in [3.8, 4) is 0 Å². The Kier molecular flexibility index (Phi) is 2.95. The number of aryl methyl sites for hydroxylation is 1. The summed E-state index contributed by atoms with van der Waals surface area (Å²) in [5.74, 6) is 0.772. The van der Waals surface area contributed by atoms with Gasteiger partial charge in [-0.1, -0.05) is 18.7 Å². The van der Waals surface area contributed by atoms with Crippen LogP contribution in [0.5, 0.6) is 0 Å². The normalized spacial score (nSPS) is 10.5. The van der Waals surface area contributed by atoms with Gasteiger partial charge in [0.15, 0.2) is 11.6 Å². The first-order valence-electron chi connectivity index (χ1n) is 5.45. The number of aromatic nitrogens is 2. The van der Waals surface area contributed by atoms with Crippen molar-refractivity contribution in [1.29, 1.82) is 0 Å². The molecule has 1 aromatic heterocycles. The predicted molar refractivity (Wildman–Crippen MR) is 67.8 cm³/mol. The predicted octanol–water partition coefficient (Wildman–Crippen LogP) is 2.24. The maximum Gasteiger partial charge on any atom is 0.259 e. The van der Waals surface area contributed by atoms with Gasteiger partial charge >= 0.3 is 0 Å². The van der Waals surface area contributed by atoms with Crippen molar-refractivity contribution in [3.05, 3.63) is 46.5 Å². The molecule has 0 unspecified atom stereocenters. The smallest absolute Gasteiger partial charge is 0.259 e. The van der Waals surface area contributed by atoms with Crippen LogP contribution in [-0.4, -0.2) is 16.6 Å². The number of H-pyrrole nitrogens is 1. The van der Waals surface area contributed by atoms with Crippen molar-refractivity contribution in [1.82, 2.24) is 9.97 Å². The number of fused-ring (bicyclic) bond motifs is 1. The van der Waals surface area contributed by atoms with Crippen molar-refractivity contribution >= 4 is 16.7 Å². The number of ether oxygens (including phenoxy) is 1. The highest BCUT2D eigenvalue weighted by atomic mass is 16.5. The summed E-state index contributed by atoms with van der Waals surface area (Å²) in [6, 6.07) is 5.51. The molecule has 1 N–H and O–H groups in total. The lowest BCUT2D eigenvalue weighted by atomic mass is 10.1. The molecular weight excluding hydrogens is 216 g/mol. The molecule has 1 aromatic carbocycles. The zero-order valence-corrected chi connectivity index (χ0v) is 9.91. The zero-order chi connectivity index (χ0) is 12.4. The maximum atomic E-state index is 11.9. The van der Waals surface area contributed by atoms with E-state index in [0.717, 1.165) is 5.56 Å². The van der Waals surface area contributed by atoms with E-state index in [9.17, 15) is 4.79 Å². The van der Waals surface area contributed by atoms with E-state index in [1.165, 1.54) is 0 Å². The highest BCUT2D eigenvalue weighted by molar-refractivity contribution is 5.81. The molecule has 0 saturated heterocycles. The standard InChI is InChI=1S/C13H14N2O2/c1-4-17-9(3)12-14-11-8(2)6-5-7-10(11)13(16)15-12/h5-7H,3-4H2,1-2H3,(H,14,15,16). The van der Waals surface area contributed by atoms with E-state index in [1.807, 2.05) is 26.0 Å². The molecule has 17 heavy (non-hydrogen) atoms. The summed E-state index contributed by atoms with van der Waals surface area (Å²) >= 11 is 0. The van der Waals surface area contributed by atoms with Gasteiger partial charge < -0.3 is 9.72 Å². The molecule has 2 rings (SSSR count). The minimum Gasteiger partial charge on any atom is -0.491 e. The minimum absolute atomic E-state index is 0.172. The Morgan fingerprint density at radius 2 is 2.29 bits per heavy atom. The molecule has 0 radical (unpaired) electrons. The van der Waals surface area contributed by atoms with Gasteiger partial charge in [0.2, 0.25) is 0 Å². The first-order chi connectivity index (χ1) is 8.13. The first-order valence-corrected chi connectivity index (χ1v) is 5.45. The fraction of sp³-hybridized carbons (Fsp3) is 0.231. The van der Waals surface area contributed by atoms with Crippen LogP contribution in [0.3, 0.4) is 0 Å². The lowest BCUT2D eigenvalue weighted by molar-refractivity contribution is 0.296. The summed E-state index contributed by atoms with van der Waals surface area (Å²) in [7, 11) is 0. The molecule has 0 aliphatic rings. The number of rotatable bonds is 3. The molecule has 2 aromatic rings. The van der Waals surface area contributed by atoms with Crippen LogP contribution >= 0.6 is 0 Å². The molecule has 0 spiro atoms. The largest absolute Gasteiger partial charge is 0.491 e. The van der Waals surface area contributed by atoms with Gasteiger partial charge in [0.05, 0.1) is 17.5 Å². The van der Waals surface area contributed by atoms with Gasteiger partial charge in [0, 0.05) is 0 Å². The summed E-state index contributed by atoms with van der Waals surface area (Å²) in [5.41, 5.74) is 1.47. The summed E-state index contributed by atoms with van der Waals surface area (Å²) < 4.78 is 5.24. The van der Waals surface area contributed by atoms with E-state index >= 15 is 0 Å². The molecule has 0 amide bonds. The number of nitrogens with zero attached hydrogens (tertiary/aromatic N) is 1. The SMILES string of the molecule is C=C(OCC)c1nc2c(C)cccc2c(=O)[nH]1. The topological polar surface area (TPSA) is 55.0 Å². The van der Waals surface area contributed by atoms with Gasteiger partial charge in [-0.25, -0.2) is 4.98 Å². The van der Waals surface area contributed by atoms with Crippen LogP contribution in [-0.2, 0) is 4.74 Å².